The Morgan fingerprint density at radius 2 is 1.90 bits per heavy atom. The molecule has 2 rings (SSSR count). The summed E-state index contributed by atoms with van der Waals surface area (Å²) >= 11 is 3.48. The first-order valence-corrected chi connectivity index (χ1v) is 7.75. The fourth-order valence-corrected chi connectivity index (χ4v) is 2.70. The van der Waals surface area contributed by atoms with Gasteiger partial charge in [0.25, 0.3) is 0 Å². The normalized spacial score (nSPS) is 10.2. The predicted octanol–water partition coefficient (Wildman–Crippen LogP) is 4.22. The van der Waals surface area contributed by atoms with Crippen LogP contribution in [0.5, 0.6) is 0 Å². The minimum atomic E-state index is -0.0229. The van der Waals surface area contributed by atoms with Gasteiger partial charge in [0.15, 0.2) is 0 Å². The van der Waals surface area contributed by atoms with Gasteiger partial charge in [0.2, 0.25) is 5.91 Å². The van der Waals surface area contributed by atoms with Crippen molar-refractivity contribution in [1.82, 2.24) is 0 Å². The molecule has 0 aliphatic heterocycles. The summed E-state index contributed by atoms with van der Waals surface area (Å²) in [6.07, 6.45) is 0. The first-order valence-electron chi connectivity index (χ1n) is 6.96. The van der Waals surface area contributed by atoms with E-state index < -0.39 is 0 Å². The summed E-state index contributed by atoms with van der Waals surface area (Å²) < 4.78 is 0.901. The van der Waals surface area contributed by atoms with E-state index in [0.29, 0.717) is 6.54 Å². The fraction of sp³-hybridized carbons (Fsp3) is 0.235. The van der Waals surface area contributed by atoms with Crippen molar-refractivity contribution in [3.8, 4) is 0 Å². The number of hydrogen-bond acceptors (Lipinski definition) is 2. The fourth-order valence-electron chi connectivity index (χ4n) is 2.11. The third kappa shape index (κ3) is 4.33. The summed E-state index contributed by atoms with van der Waals surface area (Å²) in [5, 5.41) is 2.94. The quantitative estimate of drug-likeness (QED) is 0.878. The molecule has 21 heavy (non-hydrogen) atoms. The molecule has 0 saturated carbocycles. The Labute approximate surface area is 134 Å². The second kappa shape index (κ2) is 7.27. The van der Waals surface area contributed by atoms with E-state index in [1.165, 1.54) is 0 Å². The van der Waals surface area contributed by atoms with Gasteiger partial charge in [0.1, 0.15) is 0 Å². The second-order valence-electron chi connectivity index (χ2n) is 4.88. The van der Waals surface area contributed by atoms with Gasteiger partial charge in [-0.2, -0.15) is 0 Å². The molecule has 0 bridgehead atoms. The topological polar surface area (TPSA) is 32.3 Å². The second-order valence-corrected chi connectivity index (χ2v) is 5.74. The summed E-state index contributed by atoms with van der Waals surface area (Å²) in [6.45, 7) is 5.18. The maximum atomic E-state index is 12.2. The highest BCUT2D eigenvalue weighted by atomic mass is 79.9. The number of anilines is 2. The van der Waals surface area contributed by atoms with Gasteiger partial charge in [-0.15, -0.1) is 0 Å². The number of carbonyl (C=O) groups excluding carboxylic acids is 1. The number of likely N-dealkylation sites (N-methyl/N-ethyl adjacent to an activating group) is 1. The van der Waals surface area contributed by atoms with Gasteiger partial charge in [0.05, 0.1) is 12.2 Å². The molecule has 4 heteroatoms. The molecule has 0 aromatic heterocycles. The number of benzene rings is 2. The van der Waals surface area contributed by atoms with Gasteiger partial charge in [0, 0.05) is 16.7 Å². The van der Waals surface area contributed by atoms with Crippen molar-refractivity contribution in [2.75, 3.05) is 23.3 Å². The van der Waals surface area contributed by atoms with Gasteiger partial charge >= 0.3 is 0 Å². The van der Waals surface area contributed by atoms with E-state index in [4.69, 9.17) is 0 Å². The molecule has 0 heterocycles. The first-order chi connectivity index (χ1) is 10.1. The molecule has 1 N–H and O–H groups in total. The predicted molar refractivity (Wildman–Crippen MR) is 91.8 cm³/mol. The lowest BCUT2D eigenvalue weighted by atomic mass is 10.2. The van der Waals surface area contributed by atoms with Crippen molar-refractivity contribution in [3.05, 3.63) is 58.6 Å². The molecule has 0 fully saturated rings. The molecular weight excluding hydrogens is 328 g/mol. The molecule has 0 aliphatic rings. The highest BCUT2D eigenvalue weighted by molar-refractivity contribution is 9.10. The SMILES string of the molecule is CCN(CC(=O)Nc1ccc(C)cc1Br)c1ccccc1. The van der Waals surface area contributed by atoms with Crippen molar-refractivity contribution in [3.63, 3.8) is 0 Å². The zero-order chi connectivity index (χ0) is 15.2. The van der Waals surface area contributed by atoms with Gasteiger partial charge in [-0.3, -0.25) is 4.79 Å². The lowest BCUT2D eigenvalue weighted by Gasteiger charge is -2.22. The number of rotatable bonds is 5. The summed E-state index contributed by atoms with van der Waals surface area (Å²) in [7, 11) is 0. The Balaban J connectivity index is 2.03. The van der Waals surface area contributed by atoms with Crippen LogP contribution in [0.15, 0.2) is 53.0 Å². The third-order valence-electron chi connectivity index (χ3n) is 3.24. The van der Waals surface area contributed by atoms with Crippen LogP contribution in [0.25, 0.3) is 0 Å². The summed E-state index contributed by atoms with van der Waals surface area (Å²) in [5.41, 5.74) is 3.01. The van der Waals surface area contributed by atoms with Crippen LogP contribution in [0, 0.1) is 6.92 Å². The maximum absolute atomic E-state index is 12.2. The average Bonchev–Trinajstić information content (AvgIpc) is 2.48. The van der Waals surface area contributed by atoms with E-state index >= 15 is 0 Å². The number of para-hydroxylation sites is 1. The molecule has 0 saturated heterocycles. The molecule has 0 atom stereocenters. The number of nitrogens with zero attached hydrogens (tertiary/aromatic N) is 1. The lowest BCUT2D eigenvalue weighted by molar-refractivity contribution is -0.115. The van der Waals surface area contributed by atoms with Crippen molar-refractivity contribution >= 4 is 33.2 Å². The lowest BCUT2D eigenvalue weighted by Crippen LogP contribution is -2.33. The smallest absolute Gasteiger partial charge is 0.243 e. The minimum Gasteiger partial charge on any atom is -0.362 e. The van der Waals surface area contributed by atoms with E-state index in [2.05, 4.69) is 21.2 Å². The largest absolute Gasteiger partial charge is 0.362 e. The Morgan fingerprint density at radius 3 is 2.52 bits per heavy atom. The Kier molecular flexibility index (Phi) is 5.39. The average molecular weight is 347 g/mol. The molecule has 0 aliphatic carbocycles. The van der Waals surface area contributed by atoms with Crippen LogP contribution in [0.1, 0.15) is 12.5 Å². The number of halogens is 1. The number of carbonyl (C=O) groups is 1. The third-order valence-corrected chi connectivity index (χ3v) is 3.89. The zero-order valence-electron chi connectivity index (χ0n) is 12.3. The van der Waals surface area contributed by atoms with Crippen LogP contribution in [0.3, 0.4) is 0 Å². The Hall–Kier alpha value is -1.81. The standard InChI is InChI=1S/C17H19BrN2O/c1-3-20(14-7-5-4-6-8-14)12-17(21)19-16-10-9-13(2)11-15(16)18/h4-11H,3,12H2,1-2H3,(H,19,21). The summed E-state index contributed by atoms with van der Waals surface area (Å²) in [5.74, 6) is -0.0229. The molecule has 1 amide bonds. The molecule has 2 aromatic rings. The highest BCUT2D eigenvalue weighted by Gasteiger charge is 2.11. The molecule has 3 nitrogen and oxygen atoms in total. The zero-order valence-corrected chi connectivity index (χ0v) is 13.9. The summed E-state index contributed by atoms with van der Waals surface area (Å²) in [4.78, 5) is 14.3. The van der Waals surface area contributed by atoms with E-state index in [-0.39, 0.29) is 5.91 Å². The Morgan fingerprint density at radius 1 is 1.19 bits per heavy atom. The number of amides is 1. The number of aryl methyl sites for hydroxylation is 1. The van der Waals surface area contributed by atoms with Crippen molar-refractivity contribution in [2.24, 2.45) is 0 Å². The van der Waals surface area contributed by atoms with E-state index in [1.807, 2.05) is 67.3 Å². The maximum Gasteiger partial charge on any atom is 0.243 e. The van der Waals surface area contributed by atoms with Crippen LogP contribution in [-0.2, 0) is 4.79 Å². The van der Waals surface area contributed by atoms with Crippen molar-refractivity contribution in [2.45, 2.75) is 13.8 Å². The molecule has 0 radical (unpaired) electrons. The molecular formula is C17H19BrN2O. The van der Waals surface area contributed by atoms with E-state index in [1.54, 1.807) is 0 Å². The van der Waals surface area contributed by atoms with Crippen LogP contribution in [-0.4, -0.2) is 19.0 Å². The first kappa shape index (κ1) is 15.6. The van der Waals surface area contributed by atoms with E-state index in [0.717, 1.165) is 28.0 Å². The summed E-state index contributed by atoms with van der Waals surface area (Å²) in [6, 6.07) is 15.8. The number of hydrogen-bond donors (Lipinski definition) is 1. The molecule has 2 aromatic carbocycles. The van der Waals surface area contributed by atoms with E-state index in [9.17, 15) is 4.79 Å². The number of nitrogens with one attached hydrogen (secondary N) is 1. The van der Waals surface area contributed by atoms with Crippen LogP contribution in [0.2, 0.25) is 0 Å². The van der Waals surface area contributed by atoms with Crippen LogP contribution < -0.4 is 10.2 Å². The molecule has 110 valence electrons. The molecule has 0 spiro atoms. The monoisotopic (exact) mass is 346 g/mol. The Bertz CT molecular complexity index is 613. The van der Waals surface area contributed by atoms with Crippen LogP contribution in [0.4, 0.5) is 11.4 Å². The molecule has 0 unspecified atom stereocenters. The van der Waals surface area contributed by atoms with Gasteiger partial charge < -0.3 is 10.2 Å². The van der Waals surface area contributed by atoms with Crippen molar-refractivity contribution < 1.29 is 4.79 Å². The van der Waals surface area contributed by atoms with Gasteiger partial charge in [-0.25, -0.2) is 0 Å². The highest BCUT2D eigenvalue weighted by Crippen LogP contribution is 2.23. The van der Waals surface area contributed by atoms with Crippen LogP contribution >= 0.6 is 15.9 Å². The van der Waals surface area contributed by atoms with Gasteiger partial charge in [-0.05, 0) is 59.6 Å². The van der Waals surface area contributed by atoms with Crippen molar-refractivity contribution in [1.29, 1.82) is 0 Å². The van der Waals surface area contributed by atoms with Gasteiger partial charge in [-0.1, -0.05) is 24.3 Å². The minimum absolute atomic E-state index is 0.0229.